The van der Waals surface area contributed by atoms with Crippen LogP contribution in [-0.2, 0) is 19.6 Å². The first kappa shape index (κ1) is 19.9. The molecule has 1 saturated heterocycles. The molecule has 0 aliphatic carbocycles. The zero-order chi connectivity index (χ0) is 19.1. The second kappa shape index (κ2) is 9.88. The highest BCUT2D eigenvalue weighted by atomic mass is 16.5. The van der Waals surface area contributed by atoms with Crippen LogP contribution in [0, 0.1) is 0 Å². The van der Waals surface area contributed by atoms with Crippen LogP contribution in [0.1, 0.15) is 31.7 Å². The number of imidazole rings is 1. The molecule has 3 rings (SSSR count). The van der Waals surface area contributed by atoms with Crippen molar-refractivity contribution in [3.05, 3.63) is 48.0 Å². The van der Waals surface area contributed by atoms with Gasteiger partial charge in [0.2, 0.25) is 0 Å². The van der Waals surface area contributed by atoms with Gasteiger partial charge in [-0.2, -0.15) is 0 Å². The van der Waals surface area contributed by atoms with Gasteiger partial charge in [0.05, 0.1) is 13.2 Å². The Labute approximate surface area is 162 Å². The number of rotatable bonds is 9. The Morgan fingerprint density at radius 1 is 1.19 bits per heavy atom. The van der Waals surface area contributed by atoms with Gasteiger partial charge >= 0.3 is 0 Å². The summed E-state index contributed by atoms with van der Waals surface area (Å²) in [5.74, 6) is 2.09. The van der Waals surface area contributed by atoms with Gasteiger partial charge in [-0.15, -0.1) is 0 Å². The van der Waals surface area contributed by atoms with Crippen molar-refractivity contribution >= 4 is 0 Å². The molecule has 1 fully saturated rings. The van der Waals surface area contributed by atoms with Crippen LogP contribution in [-0.4, -0.2) is 63.3 Å². The fourth-order valence-corrected chi connectivity index (χ4v) is 3.86. The van der Waals surface area contributed by atoms with Gasteiger partial charge < -0.3 is 14.4 Å². The lowest BCUT2D eigenvalue weighted by Crippen LogP contribution is -2.52. The van der Waals surface area contributed by atoms with E-state index in [4.69, 9.17) is 4.74 Å². The molecule has 27 heavy (non-hydrogen) atoms. The van der Waals surface area contributed by atoms with E-state index in [1.54, 1.807) is 0 Å². The van der Waals surface area contributed by atoms with Crippen molar-refractivity contribution < 1.29 is 9.84 Å². The molecule has 1 atom stereocenters. The number of piperazine rings is 1. The summed E-state index contributed by atoms with van der Waals surface area (Å²) in [4.78, 5) is 9.45. The summed E-state index contributed by atoms with van der Waals surface area (Å²) in [6.07, 6.45) is 4.71. The Morgan fingerprint density at radius 3 is 2.81 bits per heavy atom. The van der Waals surface area contributed by atoms with E-state index >= 15 is 0 Å². The van der Waals surface area contributed by atoms with Crippen LogP contribution in [0.15, 0.2) is 36.7 Å². The zero-order valence-electron chi connectivity index (χ0n) is 16.5. The highest BCUT2D eigenvalue weighted by Crippen LogP contribution is 2.23. The average molecular weight is 373 g/mol. The summed E-state index contributed by atoms with van der Waals surface area (Å²) in [6.45, 7) is 10.7. The van der Waals surface area contributed by atoms with E-state index < -0.39 is 0 Å². The van der Waals surface area contributed by atoms with E-state index in [1.165, 1.54) is 5.56 Å². The number of ether oxygens (including phenoxy) is 1. The molecule has 0 bridgehead atoms. The molecule has 0 spiro atoms. The van der Waals surface area contributed by atoms with E-state index in [1.807, 2.05) is 31.5 Å². The molecule has 2 aromatic rings. The minimum atomic E-state index is 0.214. The first-order valence-electron chi connectivity index (χ1n) is 10.0. The zero-order valence-corrected chi connectivity index (χ0v) is 16.5. The smallest absolute Gasteiger partial charge is 0.123 e. The number of nitrogens with zero attached hydrogens (tertiary/aromatic N) is 4. The molecule has 6 heteroatoms. The number of benzene rings is 1. The van der Waals surface area contributed by atoms with Gasteiger partial charge in [0.1, 0.15) is 11.6 Å². The van der Waals surface area contributed by atoms with Gasteiger partial charge in [0.15, 0.2) is 0 Å². The normalized spacial score (nSPS) is 18.7. The second-order valence-electron chi connectivity index (χ2n) is 7.04. The largest absolute Gasteiger partial charge is 0.494 e. The van der Waals surface area contributed by atoms with Gasteiger partial charge in [0, 0.05) is 63.3 Å². The number of aliphatic hydroxyl groups excluding tert-OH is 1. The predicted octanol–water partition coefficient (Wildman–Crippen LogP) is 2.37. The van der Waals surface area contributed by atoms with E-state index in [0.29, 0.717) is 12.6 Å². The van der Waals surface area contributed by atoms with Crippen molar-refractivity contribution in [2.24, 2.45) is 0 Å². The van der Waals surface area contributed by atoms with Crippen LogP contribution >= 0.6 is 0 Å². The Hall–Kier alpha value is -1.89. The highest BCUT2D eigenvalue weighted by Gasteiger charge is 2.27. The first-order chi connectivity index (χ1) is 13.2. The topological polar surface area (TPSA) is 53.8 Å². The average Bonchev–Trinajstić information content (AvgIpc) is 3.13. The van der Waals surface area contributed by atoms with Crippen LogP contribution in [0.2, 0.25) is 0 Å². The lowest BCUT2D eigenvalue weighted by atomic mass is 10.1. The van der Waals surface area contributed by atoms with E-state index in [2.05, 4.69) is 38.4 Å². The summed E-state index contributed by atoms with van der Waals surface area (Å²) in [6, 6.07) is 8.61. The van der Waals surface area contributed by atoms with Gasteiger partial charge in [-0.1, -0.05) is 18.2 Å². The fraction of sp³-hybridized carbons (Fsp3) is 0.571. The third-order valence-electron chi connectivity index (χ3n) is 5.30. The van der Waals surface area contributed by atoms with Crippen molar-refractivity contribution in [3.8, 4) is 5.75 Å². The minimum absolute atomic E-state index is 0.214. The SMILES string of the molecule is CCOc1ccccc1CN1CCN(Cc2nccn2CC)C[C@H]1CCO. The van der Waals surface area contributed by atoms with Gasteiger partial charge in [-0.25, -0.2) is 4.98 Å². The third-order valence-corrected chi connectivity index (χ3v) is 5.30. The Bertz CT molecular complexity index is 703. The van der Waals surface area contributed by atoms with Crippen molar-refractivity contribution in [3.63, 3.8) is 0 Å². The van der Waals surface area contributed by atoms with Crippen molar-refractivity contribution in [2.45, 2.75) is 45.9 Å². The molecule has 1 aromatic carbocycles. The standard InChI is InChI=1S/C21H32N4O2/c1-3-24-11-10-22-21(24)17-23-12-13-25(19(16-23)9-14-26)15-18-7-5-6-8-20(18)27-4-2/h5-8,10-11,19,26H,3-4,9,12-17H2,1-2H3/t19-/m1/s1. The molecule has 1 aromatic heterocycles. The minimum Gasteiger partial charge on any atom is -0.494 e. The summed E-state index contributed by atoms with van der Waals surface area (Å²) in [5.41, 5.74) is 1.22. The number of aryl methyl sites for hydroxylation is 1. The maximum atomic E-state index is 9.58. The maximum absolute atomic E-state index is 9.58. The third kappa shape index (κ3) is 5.09. The molecule has 0 amide bonds. The Balaban J connectivity index is 1.66. The summed E-state index contributed by atoms with van der Waals surface area (Å²) < 4.78 is 7.99. The Morgan fingerprint density at radius 2 is 2.04 bits per heavy atom. The van der Waals surface area contributed by atoms with Gasteiger partial charge in [-0.3, -0.25) is 9.80 Å². The number of para-hydroxylation sites is 1. The van der Waals surface area contributed by atoms with Crippen molar-refractivity contribution in [2.75, 3.05) is 32.8 Å². The molecule has 148 valence electrons. The molecule has 1 aliphatic rings. The highest BCUT2D eigenvalue weighted by molar-refractivity contribution is 5.33. The summed E-state index contributed by atoms with van der Waals surface area (Å²) in [7, 11) is 0. The second-order valence-corrected chi connectivity index (χ2v) is 7.04. The molecular weight excluding hydrogens is 340 g/mol. The van der Waals surface area contributed by atoms with E-state index in [-0.39, 0.29) is 6.61 Å². The fourth-order valence-electron chi connectivity index (χ4n) is 3.86. The van der Waals surface area contributed by atoms with Crippen molar-refractivity contribution in [1.82, 2.24) is 19.4 Å². The first-order valence-corrected chi connectivity index (χ1v) is 10.0. The predicted molar refractivity (Wildman–Crippen MR) is 107 cm³/mol. The van der Waals surface area contributed by atoms with Crippen LogP contribution < -0.4 is 4.74 Å². The lowest BCUT2D eigenvalue weighted by Gasteiger charge is -2.41. The van der Waals surface area contributed by atoms with Crippen LogP contribution in [0.4, 0.5) is 0 Å². The van der Waals surface area contributed by atoms with Crippen LogP contribution in [0.3, 0.4) is 0 Å². The monoisotopic (exact) mass is 372 g/mol. The number of aliphatic hydroxyl groups is 1. The van der Waals surface area contributed by atoms with Crippen LogP contribution in [0.25, 0.3) is 0 Å². The summed E-state index contributed by atoms with van der Waals surface area (Å²) >= 11 is 0. The number of hydrogen-bond donors (Lipinski definition) is 1. The molecule has 1 N–H and O–H groups in total. The van der Waals surface area contributed by atoms with Crippen LogP contribution in [0.5, 0.6) is 5.75 Å². The van der Waals surface area contributed by atoms with Gasteiger partial charge in [0.25, 0.3) is 0 Å². The number of hydrogen-bond acceptors (Lipinski definition) is 5. The molecular formula is C21H32N4O2. The molecule has 2 heterocycles. The molecule has 0 saturated carbocycles. The molecule has 1 aliphatic heterocycles. The molecule has 6 nitrogen and oxygen atoms in total. The maximum Gasteiger partial charge on any atom is 0.123 e. The molecule has 0 radical (unpaired) electrons. The van der Waals surface area contributed by atoms with E-state index in [9.17, 15) is 5.11 Å². The summed E-state index contributed by atoms with van der Waals surface area (Å²) in [5, 5.41) is 9.58. The molecule has 0 unspecified atom stereocenters. The quantitative estimate of drug-likeness (QED) is 0.732. The number of aromatic nitrogens is 2. The lowest BCUT2D eigenvalue weighted by molar-refractivity contribution is 0.0477. The van der Waals surface area contributed by atoms with Gasteiger partial charge in [-0.05, 0) is 26.3 Å². The van der Waals surface area contributed by atoms with Crippen molar-refractivity contribution in [1.29, 1.82) is 0 Å². The van der Waals surface area contributed by atoms with E-state index in [0.717, 1.165) is 57.3 Å². The Kier molecular flexibility index (Phi) is 7.26.